The molecule has 3 nitrogen and oxygen atoms in total. The molecule has 0 aromatic carbocycles. The molecule has 1 aromatic heterocycles. The number of carbonyl (C=O) groups excluding carboxylic acids is 1. The first-order valence-electron chi connectivity index (χ1n) is 5.93. The summed E-state index contributed by atoms with van der Waals surface area (Å²) in [5.41, 5.74) is 0. The molecule has 0 spiro atoms. The minimum atomic E-state index is 0.159. The summed E-state index contributed by atoms with van der Waals surface area (Å²) >= 11 is 4.94. The highest BCUT2D eigenvalue weighted by atomic mass is 79.9. The molecule has 2 unspecified atom stereocenters. The summed E-state index contributed by atoms with van der Waals surface area (Å²) in [6.07, 6.45) is 3.62. The Labute approximate surface area is 113 Å². The molecule has 0 radical (unpaired) electrons. The first-order chi connectivity index (χ1) is 8.27. The second-order valence-corrected chi connectivity index (χ2v) is 6.27. The number of fused-ring (bicyclic) bond motifs is 1. The van der Waals surface area contributed by atoms with Crippen LogP contribution in [-0.4, -0.2) is 36.1 Å². The maximum atomic E-state index is 12.5. The third-order valence-electron chi connectivity index (χ3n) is 3.55. The van der Waals surface area contributed by atoms with Gasteiger partial charge in [-0.2, -0.15) is 0 Å². The van der Waals surface area contributed by atoms with Gasteiger partial charge >= 0.3 is 0 Å². The van der Waals surface area contributed by atoms with Crippen LogP contribution in [0.15, 0.2) is 15.9 Å². The first-order valence-corrected chi connectivity index (χ1v) is 7.60. The van der Waals surface area contributed by atoms with E-state index in [1.165, 1.54) is 17.8 Å². The van der Waals surface area contributed by atoms with E-state index >= 15 is 0 Å². The van der Waals surface area contributed by atoms with Crippen LogP contribution in [-0.2, 0) is 4.74 Å². The highest BCUT2D eigenvalue weighted by molar-refractivity contribution is 9.10. The Kier molecular flexibility index (Phi) is 3.23. The summed E-state index contributed by atoms with van der Waals surface area (Å²) in [5, 5.41) is 1.95. The summed E-state index contributed by atoms with van der Waals surface area (Å²) in [4.78, 5) is 15.3. The van der Waals surface area contributed by atoms with Crippen molar-refractivity contribution in [2.24, 2.45) is 0 Å². The highest BCUT2D eigenvalue weighted by Gasteiger charge is 2.39. The Morgan fingerprint density at radius 3 is 3.18 bits per heavy atom. The van der Waals surface area contributed by atoms with Crippen molar-refractivity contribution in [3.8, 4) is 0 Å². The van der Waals surface area contributed by atoms with Crippen LogP contribution in [0.25, 0.3) is 0 Å². The molecule has 1 amide bonds. The van der Waals surface area contributed by atoms with Gasteiger partial charge in [0.05, 0.1) is 18.8 Å². The molecular formula is C12H14BrNO2S. The Bertz CT molecular complexity index is 434. The van der Waals surface area contributed by atoms with Gasteiger partial charge < -0.3 is 9.64 Å². The van der Waals surface area contributed by atoms with Gasteiger partial charge in [-0.1, -0.05) is 0 Å². The quantitative estimate of drug-likeness (QED) is 0.797. The van der Waals surface area contributed by atoms with E-state index in [1.807, 2.05) is 16.3 Å². The normalized spacial score (nSPS) is 28.2. The van der Waals surface area contributed by atoms with Crippen LogP contribution in [0.5, 0.6) is 0 Å². The SMILES string of the molecule is O=C(c1sccc1Br)N1CCOC2CCCC21. The minimum absolute atomic E-state index is 0.159. The Morgan fingerprint density at radius 1 is 1.53 bits per heavy atom. The van der Waals surface area contributed by atoms with Crippen LogP contribution in [0.3, 0.4) is 0 Å². The van der Waals surface area contributed by atoms with Gasteiger partial charge in [0.25, 0.3) is 5.91 Å². The van der Waals surface area contributed by atoms with Crippen LogP contribution >= 0.6 is 27.3 Å². The molecule has 2 atom stereocenters. The molecule has 0 N–H and O–H groups in total. The van der Waals surface area contributed by atoms with Crippen LogP contribution in [0.1, 0.15) is 28.9 Å². The van der Waals surface area contributed by atoms with Gasteiger partial charge in [-0.3, -0.25) is 4.79 Å². The number of morpholine rings is 1. The molecule has 3 rings (SSSR count). The number of amides is 1. The predicted molar refractivity (Wildman–Crippen MR) is 70.4 cm³/mol. The third-order valence-corrected chi connectivity index (χ3v) is 5.38. The monoisotopic (exact) mass is 315 g/mol. The van der Waals surface area contributed by atoms with Gasteiger partial charge in [0.1, 0.15) is 4.88 Å². The lowest BCUT2D eigenvalue weighted by Crippen LogP contribution is -2.51. The topological polar surface area (TPSA) is 29.5 Å². The van der Waals surface area contributed by atoms with Crippen LogP contribution in [0.2, 0.25) is 0 Å². The van der Waals surface area contributed by atoms with Gasteiger partial charge in [-0.25, -0.2) is 0 Å². The number of ether oxygens (including phenoxy) is 1. The fourth-order valence-corrected chi connectivity index (χ4v) is 4.25. The summed E-state index contributed by atoms with van der Waals surface area (Å²) in [6, 6.07) is 2.23. The standard InChI is InChI=1S/C12H14BrNO2S/c13-8-4-7-17-11(8)12(15)14-5-6-16-10-3-1-2-9(10)14/h4,7,9-10H,1-3,5-6H2. The zero-order valence-corrected chi connectivity index (χ0v) is 11.8. The number of hydrogen-bond donors (Lipinski definition) is 0. The van der Waals surface area contributed by atoms with E-state index in [0.717, 1.165) is 28.7 Å². The zero-order chi connectivity index (χ0) is 11.8. The van der Waals surface area contributed by atoms with Gasteiger partial charge in [-0.15, -0.1) is 11.3 Å². The van der Waals surface area contributed by atoms with Crippen molar-refractivity contribution in [2.75, 3.05) is 13.2 Å². The number of halogens is 1. The highest BCUT2D eigenvalue weighted by Crippen LogP contribution is 2.32. The summed E-state index contributed by atoms with van der Waals surface area (Å²) < 4.78 is 6.64. The summed E-state index contributed by atoms with van der Waals surface area (Å²) in [6.45, 7) is 1.40. The van der Waals surface area contributed by atoms with Crippen molar-refractivity contribution < 1.29 is 9.53 Å². The molecule has 0 bridgehead atoms. The predicted octanol–water partition coefficient (Wildman–Crippen LogP) is 2.90. The molecule has 1 saturated carbocycles. The van der Waals surface area contributed by atoms with E-state index in [1.54, 1.807) is 0 Å². The lowest BCUT2D eigenvalue weighted by molar-refractivity contribution is -0.0444. The number of thiophene rings is 1. The van der Waals surface area contributed by atoms with E-state index in [-0.39, 0.29) is 12.0 Å². The molecule has 1 saturated heterocycles. The Hall–Kier alpha value is -0.390. The van der Waals surface area contributed by atoms with Crippen molar-refractivity contribution in [1.29, 1.82) is 0 Å². The average Bonchev–Trinajstić information content (AvgIpc) is 2.95. The largest absolute Gasteiger partial charge is 0.374 e. The van der Waals surface area contributed by atoms with Gasteiger partial charge in [0, 0.05) is 11.0 Å². The average molecular weight is 316 g/mol. The molecule has 17 heavy (non-hydrogen) atoms. The molecule has 92 valence electrons. The summed E-state index contributed by atoms with van der Waals surface area (Å²) in [7, 11) is 0. The lowest BCUT2D eigenvalue weighted by atomic mass is 10.1. The van der Waals surface area contributed by atoms with E-state index in [9.17, 15) is 4.79 Å². The smallest absolute Gasteiger partial charge is 0.265 e. The minimum Gasteiger partial charge on any atom is -0.374 e. The van der Waals surface area contributed by atoms with Crippen LogP contribution in [0.4, 0.5) is 0 Å². The van der Waals surface area contributed by atoms with E-state index in [0.29, 0.717) is 12.6 Å². The van der Waals surface area contributed by atoms with Crippen LogP contribution < -0.4 is 0 Å². The maximum Gasteiger partial charge on any atom is 0.265 e. The summed E-state index contributed by atoms with van der Waals surface area (Å²) in [5.74, 6) is 0.159. The number of nitrogens with zero attached hydrogens (tertiary/aromatic N) is 1. The second-order valence-electron chi connectivity index (χ2n) is 4.50. The Balaban J connectivity index is 1.83. The van der Waals surface area contributed by atoms with Gasteiger partial charge in [-0.05, 0) is 46.6 Å². The van der Waals surface area contributed by atoms with Crippen molar-refractivity contribution >= 4 is 33.2 Å². The number of carbonyl (C=O) groups is 1. The third kappa shape index (κ3) is 2.04. The Morgan fingerprint density at radius 2 is 2.41 bits per heavy atom. The van der Waals surface area contributed by atoms with E-state index in [2.05, 4.69) is 15.9 Å². The van der Waals surface area contributed by atoms with Crippen molar-refractivity contribution in [3.63, 3.8) is 0 Å². The van der Waals surface area contributed by atoms with Gasteiger partial charge in [0.15, 0.2) is 0 Å². The molecule has 2 heterocycles. The van der Waals surface area contributed by atoms with Gasteiger partial charge in [0.2, 0.25) is 0 Å². The molecular weight excluding hydrogens is 302 g/mol. The molecule has 2 fully saturated rings. The molecule has 1 aliphatic heterocycles. The number of rotatable bonds is 1. The first kappa shape index (κ1) is 11.7. The molecule has 1 aliphatic carbocycles. The van der Waals surface area contributed by atoms with Crippen molar-refractivity contribution in [1.82, 2.24) is 4.90 Å². The molecule has 2 aliphatic rings. The van der Waals surface area contributed by atoms with E-state index in [4.69, 9.17) is 4.74 Å². The van der Waals surface area contributed by atoms with Crippen LogP contribution in [0, 0.1) is 0 Å². The number of hydrogen-bond acceptors (Lipinski definition) is 3. The lowest BCUT2D eigenvalue weighted by Gasteiger charge is -2.37. The molecule has 1 aromatic rings. The fourth-order valence-electron chi connectivity index (χ4n) is 2.75. The fraction of sp³-hybridized carbons (Fsp3) is 0.583. The second kappa shape index (κ2) is 4.71. The zero-order valence-electron chi connectivity index (χ0n) is 9.39. The molecule has 5 heteroatoms. The maximum absolute atomic E-state index is 12.5. The van der Waals surface area contributed by atoms with Crippen molar-refractivity contribution in [2.45, 2.75) is 31.4 Å². The van der Waals surface area contributed by atoms with E-state index < -0.39 is 0 Å². The van der Waals surface area contributed by atoms with Crippen molar-refractivity contribution in [3.05, 3.63) is 20.8 Å².